The number of carbonyl (C=O) groups is 1. The third-order valence-electron chi connectivity index (χ3n) is 4.11. The van der Waals surface area contributed by atoms with Crippen LogP contribution in [0, 0.1) is 0 Å². The number of sulfone groups is 1. The van der Waals surface area contributed by atoms with Gasteiger partial charge in [0.05, 0.1) is 22.1 Å². The molecular weight excluding hydrogens is 391 g/mol. The fourth-order valence-corrected chi connectivity index (χ4v) is 4.82. The van der Waals surface area contributed by atoms with Gasteiger partial charge >= 0.3 is 6.18 Å². The molecule has 4 nitrogen and oxygen atoms in total. The summed E-state index contributed by atoms with van der Waals surface area (Å²) in [5.74, 6) is -0.454. The van der Waals surface area contributed by atoms with E-state index in [1.54, 1.807) is 0 Å². The Bertz CT molecular complexity index is 806. The number of rotatable bonds is 5. The van der Waals surface area contributed by atoms with Crippen molar-refractivity contribution < 1.29 is 26.4 Å². The molecule has 1 unspecified atom stereocenters. The highest BCUT2D eigenvalue weighted by atomic mass is 35.5. The van der Waals surface area contributed by atoms with Crippen molar-refractivity contribution in [1.29, 1.82) is 0 Å². The summed E-state index contributed by atoms with van der Waals surface area (Å²) in [4.78, 5) is 13.9. The van der Waals surface area contributed by atoms with Gasteiger partial charge in [0.1, 0.15) is 0 Å². The van der Waals surface area contributed by atoms with Crippen molar-refractivity contribution in [3.63, 3.8) is 0 Å². The van der Waals surface area contributed by atoms with Crippen molar-refractivity contribution in [2.45, 2.75) is 32.0 Å². The van der Waals surface area contributed by atoms with E-state index in [9.17, 15) is 26.4 Å². The van der Waals surface area contributed by atoms with E-state index >= 15 is 0 Å². The van der Waals surface area contributed by atoms with Gasteiger partial charge in [-0.2, -0.15) is 13.2 Å². The minimum absolute atomic E-state index is 0.0427. The molecule has 9 heteroatoms. The zero-order valence-electron chi connectivity index (χ0n) is 14.1. The van der Waals surface area contributed by atoms with Gasteiger partial charge in [-0.25, -0.2) is 8.42 Å². The van der Waals surface area contributed by atoms with E-state index < -0.39 is 38.5 Å². The van der Waals surface area contributed by atoms with E-state index in [2.05, 4.69) is 0 Å². The molecule has 1 atom stereocenters. The second kappa shape index (κ2) is 8.00. The minimum Gasteiger partial charge on any atom is -0.335 e. The number of hydrogen-bond donors (Lipinski definition) is 0. The number of nitrogens with zero attached hydrogens (tertiary/aromatic N) is 1. The lowest BCUT2D eigenvalue weighted by Crippen LogP contribution is -2.40. The van der Waals surface area contributed by atoms with E-state index in [0.717, 1.165) is 12.1 Å². The molecule has 1 aliphatic heterocycles. The van der Waals surface area contributed by atoms with Gasteiger partial charge < -0.3 is 4.90 Å². The summed E-state index contributed by atoms with van der Waals surface area (Å²) >= 11 is 5.57. The van der Waals surface area contributed by atoms with Crippen LogP contribution in [0.4, 0.5) is 13.2 Å². The van der Waals surface area contributed by atoms with Crippen LogP contribution in [0.2, 0.25) is 5.02 Å². The second-order valence-electron chi connectivity index (χ2n) is 6.16. The smallest absolute Gasteiger partial charge is 0.335 e. The van der Waals surface area contributed by atoms with Crippen LogP contribution in [-0.4, -0.2) is 43.3 Å². The molecule has 1 fully saturated rings. The molecule has 0 spiro atoms. The fourth-order valence-electron chi connectivity index (χ4n) is 2.86. The van der Waals surface area contributed by atoms with Gasteiger partial charge in [0, 0.05) is 18.7 Å². The molecule has 1 aromatic carbocycles. The number of carbonyl (C=O) groups excluding carboxylic acids is 1. The topological polar surface area (TPSA) is 54.5 Å². The maximum absolute atomic E-state index is 12.9. The molecule has 0 aliphatic carbocycles. The summed E-state index contributed by atoms with van der Waals surface area (Å²) in [5.41, 5.74) is -0.786. The molecule has 26 heavy (non-hydrogen) atoms. The van der Waals surface area contributed by atoms with Crippen LogP contribution < -0.4 is 0 Å². The van der Waals surface area contributed by atoms with Crippen molar-refractivity contribution in [1.82, 2.24) is 4.90 Å². The monoisotopic (exact) mass is 409 g/mol. The lowest BCUT2D eigenvalue weighted by Gasteiger charge is -2.26. The molecule has 1 saturated heterocycles. The van der Waals surface area contributed by atoms with Crippen LogP contribution >= 0.6 is 11.6 Å². The Morgan fingerprint density at radius 2 is 2.08 bits per heavy atom. The Morgan fingerprint density at radius 1 is 1.38 bits per heavy atom. The summed E-state index contributed by atoms with van der Waals surface area (Å²) in [5, 5.41) is -0.412. The van der Waals surface area contributed by atoms with Crippen LogP contribution in [-0.2, 0) is 20.8 Å². The number of hydrogen-bond acceptors (Lipinski definition) is 3. The standard InChI is InChI=1S/C17H19ClF3NO3S/c1-2-8-22(13-7-9-26(24,25)11-13)16(23)6-4-12-3-5-15(18)14(10-12)17(19,20)21/h3-6,10,13H,2,7-9,11H2,1H3/b6-4+. The quantitative estimate of drug-likeness (QED) is 0.695. The van der Waals surface area contributed by atoms with Crippen molar-refractivity contribution in [3.8, 4) is 0 Å². The largest absolute Gasteiger partial charge is 0.417 e. The summed E-state index contributed by atoms with van der Waals surface area (Å²) in [7, 11) is -3.14. The van der Waals surface area contributed by atoms with E-state index in [-0.39, 0.29) is 17.1 Å². The zero-order chi connectivity index (χ0) is 19.5. The van der Waals surface area contributed by atoms with Crippen LogP contribution in [0.15, 0.2) is 24.3 Å². The van der Waals surface area contributed by atoms with Gasteiger partial charge in [-0.1, -0.05) is 24.6 Å². The first-order valence-corrected chi connectivity index (χ1v) is 10.3. The molecule has 0 bridgehead atoms. The third-order valence-corrected chi connectivity index (χ3v) is 6.19. The number of amides is 1. The summed E-state index contributed by atoms with van der Waals surface area (Å²) in [6.07, 6.45) is -1.11. The molecular formula is C17H19ClF3NO3S. The maximum atomic E-state index is 12.9. The highest BCUT2D eigenvalue weighted by molar-refractivity contribution is 7.91. The summed E-state index contributed by atoms with van der Waals surface area (Å²) < 4.78 is 62.0. The highest BCUT2D eigenvalue weighted by Crippen LogP contribution is 2.35. The molecule has 0 aromatic heterocycles. The van der Waals surface area contributed by atoms with Crippen molar-refractivity contribution in [3.05, 3.63) is 40.4 Å². The number of alkyl halides is 3. The van der Waals surface area contributed by atoms with E-state index in [4.69, 9.17) is 11.6 Å². The first kappa shape index (κ1) is 20.8. The van der Waals surface area contributed by atoms with Crippen LogP contribution in [0.25, 0.3) is 6.08 Å². The fraction of sp³-hybridized carbons (Fsp3) is 0.471. The van der Waals surface area contributed by atoms with Gasteiger partial charge in [0.25, 0.3) is 0 Å². The first-order valence-electron chi connectivity index (χ1n) is 8.09. The predicted molar refractivity (Wildman–Crippen MR) is 94.6 cm³/mol. The molecule has 2 rings (SSSR count). The lowest BCUT2D eigenvalue weighted by molar-refractivity contribution is -0.137. The van der Waals surface area contributed by atoms with Gasteiger partial charge in [0.15, 0.2) is 9.84 Å². The van der Waals surface area contributed by atoms with Gasteiger partial charge in [-0.05, 0) is 36.6 Å². The Hall–Kier alpha value is -1.54. The Labute approximate surface area is 155 Å². The van der Waals surface area contributed by atoms with Crippen LogP contribution in [0.3, 0.4) is 0 Å². The average Bonchev–Trinajstić information content (AvgIpc) is 2.90. The maximum Gasteiger partial charge on any atom is 0.417 e. The molecule has 0 saturated carbocycles. The van der Waals surface area contributed by atoms with Crippen molar-refractivity contribution >= 4 is 33.4 Å². The third kappa shape index (κ3) is 5.23. The van der Waals surface area contributed by atoms with Gasteiger partial charge in [-0.3, -0.25) is 4.79 Å². The molecule has 144 valence electrons. The predicted octanol–water partition coefficient (Wildman–Crippen LogP) is 3.80. The van der Waals surface area contributed by atoms with Gasteiger partial charge in [-0.15, -0.1) is 0 Å². The normalized spacial score (nSPS) is 19.8. The van der Waals surface area contributed by atoms with Crippen molar-refractivity contribution in [2.24, 2.45) is 0 Å². The molecule has 1 aliphatic rings. The molecule has 1 heterocycles. The summed E-state index contributed by atoms with van der Waals surface area (Å²) in [6, 6.07) is 2.98. The highest BCUT2D eigenvalue weighted by Gasteiger charge is 2.34. The number of halogens is 4. The van der Waals surface area contributed by atoms with E-state index in [1.165, 1.54) is 23.1 Å². The Balaban J connectivity index is 2.19. The summed E-state index contributed by atoms with van der Waals surface area (Å²) in [6.45, 7) is 2.25. The first-order chi connectivity index (χ1) is 12.0. The van der Waals surface area contributed by atoms with E-state index in [1.807, 2.05) is 6.92 Å². The zero-order valence-corrected chi connectivity index (χ0v) is 15.7. The molecule has 1 aromatic rings. The van der Waals surface area contributed by atoms with E-state index in [0.29, 0.717) is 19.4 Å². The Morgan fingerprint density at radius 3 is 2.62 bits per heavy atom. The minimum atomic E-state index is -4.59. The van der Waals surface area contributed by atoms with Gasteiger partial charge in [0.2, 0.25) is 5.91 Å². The Kier molecular flexibility index (Phi) is 6.39. The molecule has 0 N–H and O–H groups in total. The SMILES string of the molecule is CCCN(C(=O)/C=C/c1ccc(Cl)c(C(F)(F)F)c1)C1CCS(=O)(=O)C1. The second-order valence-corrected chi connectivity index (χ2v) is 8.79. The molecule has 0 radical (unpaired) electrons. The molecule has 1 amide bonds. The lowest BCUT2D eigenvalue weighted by atomic mass is 10.1. The number of benzene rings is 1. The van der Waals surface area contributed by atoms with Crippen molar-refractivity contribution in [2.75, 3.05) is 18.1 Å². The van der Waals surface area contributed by atoms with Crippen LogP contribution in [0.5, 0.6) is 0 Å². The average molecular weight is 410 g/mol. The van der Waals surface area contributed by atoms with Crippen LogP contribution in [0.1, 0.15) is 30.9 Å².